The van der Waals surface area contributed by atoms with Gasteiger partial charge in [-0.3, -0.25) is 4.79 Å². The van der Waals surface area contributed by atoms with Gasteiger partial charge in [0.25, 0.3) is 0 Å². The number of carboxylic acids is 1. The maximum Gasteiger partial charge on any atom is 0.323 e. The minimum atomic E-state index is -0.834. The van der Waals surface area contributed by atoms with Crippen LogP contribution in [0.2, 0.25) is 5.02 Å². The van der Waals surface area contributed by atoms with E-state index in [-0.39, 0.29) is 6.54 Å². The summed E-state index contributed by atoms with van der Waals surface area (Å²) in [5, 5.41) is 10.9. The first-order valence-electron chi connectivity index (χ1n) is 7.76. The van der Waals surface area contributed by atoms with Crippen molar-refractivity contribution in [3.05, 3.63) is 34.5 Å². The molecule has 118 valence electrons. The van der Waals surface area contributed by atoms with Crippen LogP contribution >= 0.6 is 11.6 Å². The number of benzene rings is 1. The highest BCUT2D eigenvalue weighted by molar-refractivity contribution is 6.32. The molecule has 1 aromatic carbocycles. The standard InChI is InChI=1S/C17H21ClN2O2/c1-12-8-14-13(4-7-19-5-2-3-6-19)10-20(11-17(21)22)16(14)9-15(12)18/h8-10H,2-7,11H2,1H3,(H,21,22). The average molecular weight is 321 g/mol. The molecule has 4 nitrogen and oxygen atoms in total. The van der Waals surface area contributed by atoms with Crippen LogP contribution in [0, 0.1) is 6.92 Å². The Balaban J connectivity index is 1.93. The Morgan fingerprint density at radius 1 is 1.32 bits per heavy atom. The summed E-state index contributed by atoms with van der Waals surface area (Å²) in [7, 11) is 0. The van der Waals surface area contributed by atoms with Crippen LogP contribution < -0.4 is 0 Å². The van der Waals surface area contributed by atoms with Gasteiger partial charge in [-0.25, -0.2) is 0 Å². The molecule has 2 aromatic rings. The van der Waals surface area contributed by atoms with Gasteiger partial charge in [-0.1, -0.05) is 11.6 Å². The second-order valence-electron chi connectivity index (χ2n) is 6.09. The number of carbonyl (C=O) groups is 1. The van der Waals surface area contributed by atoms with Crippen molar-refractivity contribution >= 4 is 28.5 Å². The highest BCUT2D eigenvalue weighted by Gasteiger charge is 2.15. The van der Waals surface area contributed by atoms with E-state index in [4.69, 9.17) is 16.7 Å². The number of carboxylic acid groups (broad SMARTS) is 1. The summed E-state index contributed by atoms with van der Waals surface area (Å²) in [6, 6.07) is 3.96. The summed E-state index contributed by atoms with van der Waals surface area (Å²) in [6.07, 6.45) is 5.50. The van der Waals surface area contributed by atoms with Gasteiger partial charge in [-0.05, 0) is 62.5 Å². The van der Waals surface area contributed by atoms with Crippen LogP contribution in [0.3, 0.4) is 0 Å². The van der Waals surface area contributed by atoms with E-state index in [1.54, 1.807) is 4.57 Å². The predicted octanol–water partition coefficient (Wildman–Crippen LogP) is 3.33. The van der Waals surface area contributed by atoms with Gasteiger partial charge in [-0.15, -0.1) is 0 Å². The summed E-state index contributed by atoms with van der Waals surface area (Å²) >= 11 is 6.22. The minimum Gasteiger partial charge on any atom is -0.480 e. The lowest BCUT2D eigenvalue weighted by Gasteiger charge is -2.13. The molecular weight excluding hydrogens is 300 g/mol. The molecule has 0 saturated carbocycles. The van der Waals surface area contributed by atoms with Crippen molar-refractivity contribution in [2.45, 2.75) is 32.7 Å². The van der Waals surface area contributed by atoms with E-state index < -0.39 is 5.97 Å². The zero-order chi connectivity index (χ0) is 15.7. The van der Waals surface area contributed by atoms with Gasteiger partial charge in [0.05, 0.1) is 5.52 Å². The molecule has 1 N–H and O–H groups in total. The third-order valence-corrected chi connectivity index (χ3v) is 4.85. The normalized spacial score (nSPS) is 15.7. The lowest BCUT2D eigenvalue weighted by molar-refractivity contribution is -0.137. The van der Waals surface area contributed by atoms with E-state index in [0.29, 0.717) is 5.02 Å². The van der Waals surface area contributed by atoms with Crippen LogP contribution in [-0.4, -0.2) is 40.2 Å². The van der Waals surface area contributed by atoms with Gasteiger partial charge in [0.15, 0.2) is 0 Å². The highest BCUT2D eigenvalue weighted by atomic mass is 35.5. The second-order valence-corrected chi connectivity index (χ2v) is 6.50. The fraction of sp³-hybridized carbons (Fsp3) is 0.471. The van der Waals surface area contributed by atoms with E-state index in [2.05, 4.69) is 11.0 Å². The maximum absolute atomic E-state index is 11.1. The van der Waals surface area contributed by atoms with Crippen molar-refractivity contribution < 1.29 is 9.90 Å². The molecule has 1 aliphatic heterocycles. The number of rotatable bonds is 5. The first-order valence-corrected chi connectivity index (χ1v) is 8.14. The first-order chi connectivity index (χ1) is 10.5. The Labute approximate surface area is 135 Å². The summed E-state index contributed by atoms with van der Waals surface area (Å²) in [5.41, 5.74) is 3.15. The van der Waals surface area contributed by atoms with E-state index >= 15 is 0 Å². The zero-order valence-corrected chi connectivity index (χ0v) is 13.6. The third-order valence-electron chi connectivity index (χ3n) is 4.45. The largest absolute Gasteiger partial charge is 0.480 e. The lowest BCUT2D eigenvalue weighted by atomic mass is 10.1. The number of fused-ring (bicyclic) bond motifs is 1. The van der Waals surface area contributed by atoms with Gasteiger partial charge in [0.1, 0.15) is 6.54 Å². The molecule has 0 amide bonds. The van der Waals surface area contributed by atoms with E-state index in [9.17, 15) is 4.79 Å². The molecule has 0 unspecified atom stereocenters. The fourth-order valence-electron chi connectivity index (χ4n) is 3.25. The van der Waals surface area contributed by atoms with Crippen LogP contribution in [0.25, 0.3) is 10.9 Å². The summed E-state index contributed by atoms with van der Waals surface area (Å²) in [6.45, 7) is 5.35. The molecule has 0 aliphatic carbocycles. The number of aliphatic carboxylic acids is 1. The molecule has 0 atom stereocenters. The molecule has 3 rings (SSSR count). The van der Waals surface area contributed by atoms with Crippen molar-refractivity contribution in [3.63, 3.8) is 0 Å². The molecule has 1 saturated heterocycles. The smallest absolute Gasteiger partial charge is 0.323 e. The lowest BCUT2D eigenvalue weighted by Crippen LogP contribution is -2.21. The second kappa shape index (κ2) is 6.31. The molecule has 5 heteroatoms. The molecule has 1 aliphatic rings. The SMILES string of the molecule is Cc1cc2c(CCN3CCCC3)cn(CC(=O)O)c2cc1Cl. The van der Waals surface area contributed by atoms with Gasteiger partial charge in [0.2, 0.25) is 0 Å². The van der Waals surface area contributed by atoms with E-state index in [0.717, 1.165) is 29.4 Å². The molecule has 22 heavy (non-hydrogen) atoms. The summed E-state index contributed by atoms with van der Waals surface area (Å²) < 4.78 is 1.79. The molecule has 1 aromatic heterocycles. The zero-order valence-electron chi connectivity index (χ0n) is 12.8. The fourth-order valence-corrected chi connectivity index (χ4v) is 3.41. The van der Waals surface area contributed by atoms with Crippen molar-refractivity contribution in [2.75, 3.05) is 19.6 Å². The van der Waals surface area contributed by atoms with E-state index in [1.807, 2.05) is 19.2 Å². The Bertz CT molecular complexity index is 702. The molecule has 2 heterocycles. The van der Waals surface area contributed by atoms with Gasteiger partial charge in [-0.2, -0.15) is 0 Å². The molecule has 1 fully saturated rings. The molecule has 0 spiro atoms. The number of hydrogen-bond acceptors (Lipinski definition) is 2. The number of halogens is 1. The topological polar surface area (TPSA) is 45.5 Å². The van der Waals surface area contributed by atoms with Gasteiger partial charge < -0.3 is 14.6 Å². The Morgan fingerprint density at radius 3 is 2.73 bits per heavy atom. The predicted molar refractivity (Wildman–Crippen MR) is 88.7 cm³/mol. The van der Waals surface area contributed by atoms with Crippen molar-refractivity contribution in [2.24, 2.45) is 0 Å². The molecular formula is C17H21ClN2O2. The summed E-state index contributed by atoms with van der Waals surface area (Å²) in [5.74, 6) is -0.834. The number of hydrogen-bond donors (Lipinski definition) is 1. The number of nitrogens with zero attached hydrogens (tertiary/aromatic N) is 2. The molecule has 0 radical (unpaired) electrons. The first kappa shape index (κ1) is 15.4. The highest BCUT2D eigenvalue weighted by Crippen LogP contribution is 2.28. The monoisotopic (exact) mass is 320 g/mol. The Kier molecular flexibility index (Phi) is 4.41. The van der Waals surface area contributed by atoms with Crippen LogP contribution in [-0.2, 0) is 17.8 Å². The van der Waals surface area contributed by atoms with Gasteiger partial charge in [0, 0.05) is 23.2 Å². The van der Waals surface area contributed by atoms with Gasteiger partial charge >= 0.3 is 5.97 Å². The van der Waals surface area contributed by atoms with Crippen molar-refractivity contribution in [1.82, 2.24) is 9.47 Å². The average Bonchev–Trinajstić information content (AvgIpc) is 3.07. The number of aromatic nitrogens is 1. The Morgan fingerprint density at radius 2 is 2.05 bits per heavy atom. The minimum absolute atomic E-state index is 0.0282. The van der Waals surface area contributed by atoms with Crippen LogP contribution in [0.1, 0.15) is 24.0 Å². The van der Waals surface area contributed by atoms with Crippen LogP contribution in [0.5, 0.6) is 0 Å². The maximum atomic E-state index is 11.1. The van der Waals surface area contributed by atoms with Crippen LogP contribution in [0.4, 0.5) is 0 Å². The van der Waals surface area contributed by atoms with E-state index in [1.165, 1.54) is 31.5 Å². The molecule has 0 bridgehead atoms. The van der Waals surface area contributed by atoms with Crippen molar-refractivity contribution in [3.8, 4) is 0 Å². The van der Waals surface area contributed by atoms with Crippen LogP contribution in [0.15, 0.2) is 18.3 Å². The van der Waals surface area contributed by atoms with Crippen molar-refractivity contribution in [1.29, 1.82) is 0 Å². The third kappa shape index (κ3) is 3.13. The Hall–Kier alpha value is -1.52. The number of likely N-dealkylation sites (tertiary alicyclic amines) is 1. The quantitative estimate of drug-likeness (QED) is 0.919. The number of aryl methyl sites for hydroxylation is 1. The summed E-state index contributed by atoms with van der Waals surface area (Å²) in [4.78, 5) is 13.6.